The molecule has 0 saturated carbocycles. The minimum Gasteiger partial charge on any atom is -0.341 e. The average molecular weight is 299 g/mol. The van der Waals surface area contributed by atoms with E-state index in [4.69, 9.17) is 0 Å². The first-order valence-corrected chi connectivity index (χ1v) is 6.24. The zero-order valence-corrected chi connectivity index (χ0v) is 11.3. The summed E-state index contributed by atoms with van der Waals surface area (Å²) in [6.07, 6.45) is -3.18. The van der Waals surface area contributed by atoms with E-state index in [-0.39, 0.29) is 11.4 Å². The van der Waals surface area contributed by atoms with Crippen molar-refractivity contribution in [1.82, 2.24) is 19.9 Å². The Balaban J connectivity index is 2.25. The molecule has 0 aromatic carbocycles. The van der Waals surface area contributed by atoms with Gasteiger partial charge in [0.05, 0.1) is 23.3 Å². The van der Waals surface area contributed by atoms with Gasteiger partial charge in [-0.1, -0.05) is 0 Å². The molecule has 0 fully saturated rings. The van der Waals surface area contributed by atoms with Gasteiger partial charge in [0.15, 0.2) is 5.65 Å². The zero-order chi connectivity index (χ0) is 15.4. The van der Waals surface area contributed by atoms with Gasteiger partial charge in [-0.3, -0.25) is 4.90 Å². The van der Waals surface area contributed by atoms with Crippen LogP contribution in [0.5, 0.6) is 0 Å². The van der Waals surface area contributed by atoms with E-state index in [9.17, 15) is 18.0 Å². The number of carbonyl (C=O) groups is 1. The Kier molecular flexibility index (Phi) is 2.82. The number of amides is 2. The van der Waals surface area contributed by atoms with Crippen molar-refractivity contribution in [2.24, 2.45) is 0 Å². The lowest BCUT2D eigenvalue weighted by atomic mass is 10.1. The van der Waals surface area contributed by atoms with Gasteiger partial charge in [0, 0.05) is 19.7 Å². The molecule has 0 aliphatic carbocycles. The average Bonchev–Trinajstić information content (AvgIpc) is 2.96. The van der Waals surface area contributed by atoms with Crippen LogP contribution in [-0.4, -0.2) is 40.4 Å². The summed E-state index contributed by atoms with van der Waals surface area (Å²) in [5.74, 6) is -1.78. The lowest BCUT2D eigenvalue weighted by Crippen LogP contribution is -2.38. The third kappa shape index (κ3) is 1.99. The van der Waals surface area contributed by atoms with Crippen LogP contribution in [0.3, 0.4) is 0 Å². The first-order chi connectivity index (χ1) is 9.82. The van der Waals surface area contributed by atoms with E-state index in [1.54, 1.807) is 13.0 Å². The van der Waals surface area contributed by atoms with Crippen molar-refractivity contribution in [1.29, 1.82) is 0 Å². The van der Waals surface area contributed by atoms with Crippen LogP contribution in [0.1, 0.15) is 17.3 Å². The molecule has 1 aliphatic rings. The molecule has 0 saturated heterocycles. The van der Waals surface area contributed by atoms with Gasteiger partial charge in [-0.25, -0.2) is 14.3 Å². The van der Waals surface area contributed by atoms with Crippen LogP contribution < -0.4 is 10.2 Å². The van der Waals surface area contributed by atoms with Crippen LogP contribution in [0.15, 0.2) is 12.3 Å². The number of aromatic nitrogens is 3. The highest BCUT2D eigenvalue weighted by atomic mass is 19.4. The Morgan fingerprint density at radius 3 is 2.81 bits per heavy atom. The smallest absolute Gasteiger partial charge is 0.341 e. The number of halogens is 3. The van der Waals surface area contributed by atoms with Crippen LogP contribution in [0.2, 0.25) is 0 Å². The number of fused-ring (bicyclic) bond motifs is 3. The maximum atomic E-state index is 13.3. The third-order valence-electron chi connectivity index (χ3n) is 3.46. The van der Waals surface area contributed by atoms with Gasteiger partial charge in [0.2, 0.25) is 0 Å². The van der Waals surface area contributed by atoms with Crippen LogP contribution in [0.25, 0.3) is 5.65 Å². The summed E-state index contributed by atoms with van der Waals surface area (Å²) in [7, 11) is 1.37. The summed E-state index contributed by atoms with van der Waals surface area (Å²) in [6.45, 7) is 1.20. The predicted molar refractivity (Wildman–Crippen MR) is 68.3 cm³/mol. The second kappa shape index (κ2) is 4.34. The van der Waals surface area contributed by atoms with Gasteiger partial charge in [0.1, 0.15) is 5.92 Å². The molecule has 112 valence electrons. The fraction of sp³-hybridized carbons (Fsp3) is 0.417. The van der Waals surface area contributed by atoms with Crippen LogP contribution >= 0.6 is 0 Å². The van der Waals surface area contributed by atoms with E-state index in [1.807, 2.05) is 0 Å². The van der Waals surface area contributed by atoms with Crippen LogP contribution in [0.4, 0.5) is 23.7 Å². The van der Waals surface area contributed by atoms with Gasteiger partial charge >= 0.3 is 12.2 Å². The van der Waals surface area contributed by atoms with E-state index >= 15 is 0 Å². The highest BCUT2D eigenvalue weighted by Crippen LogP contribution is 2.44. The van der Waals surface area contributed by atoms with E-state index < -0.39 is 24.7 Å². The molecule has 2 aromatic rings. The number of anilines is 1. The summed E-state index contributed by atoms with van der Waals surface area (Å²) in [5, 5.41) is 6.40. The van der Waals surface area contributed by atoms with Gasteiger partial charge in [-0.15, -0.1) is 0 Å². The van der Waals surface area contributed by atoms with Gasteiger partial charge in [-0.2, -0.15) is 18.3 Å². The van der Waals surface area contributed by atoms with E-state index in [1.165, 1.54) is 17.8 Å². The molecule has 1 atom stereocenters. The summed E-state index contributed by atoms with van der Waals surface area (Å²) in [4.78, 5) is 16.9. The minimum atomic E-state index is -4.47. The quantitative estimate of drug-likeness (QED) is 0.807. The molecule has 6 nitrogen and oxygen atoms in total. The molecule has 2 amide bonds. The van der Waals surface area contributed by atoms with Gasteiger partial charge in [-0.05, 0) is 6.92 Å². The number of rotatable bonds is 0. The van der Waals surface area contributed by atoms with Crippen molar-refractivity contribution in [3.05, 3.63) is 23.7 Å². The Bertz CT molecular complexity index is 723. The van der Waals surface area contributed by atoms with Crippen molar-refractivity contribution in [2.45, 2.75) is 19.0 Å². The van der Waals surface area contributed by atoms with Gasteiger partial charge in [0.25, 0.3) is 0 Å². The Morgan fingerprint density at radius 2 is 2.19 bits per heavy atom. The third-order valence-corrected chi connectivity index (χ3v) is 3.46. The first-order valence-electron chi connectivity index (χ1n) is 6.24. The summed E-state index contributed by atoms with van der Waals surface area (Å²) >= 11 is 0. The number of carbonyl (C=O) groups excluding carboxylic acids is 1. The Labute approximate surface area is 117 Å². The van der Waals surface area contributed by atoms with Crippen LogP contribution in [-0.2, 0) is 0 Å². The molecule has 9 heteroatoms. The standard InChI is InChI=1S/C12H12F3N5O/c1-6-3-9-17-4-8-10(20(9)18-6)7(12(13,14)15)5-19(8)11(21)16-2/h3-4,7H,5H2,1-2H3,(H,16,21). The van der Waals surface area contributed by atoms with Crippen molar-refractivity contribution < 1.29 is 18.0 Å². The second-order valence-electron chi connectivity index (χ2n) is 4.84. The second-order valence-corrected chi connectivity index (χ2v) is 4.84. The van der Waals surface area contributed by atoms with Crippen molar-refractivity contribution in [3.8, 4) is 0 Å². The van der Waals surface area contributed by atoms with E-state index in [0.717, 1.165) is 4.90 Å². The first kappa shape index (κ1) is 13.7. The van der Waals surface area contributed by atoms with E-state index in [2.05, 4.69) is 15.4 Å². The monoisotopic (exact) mass is 299 g/mol. The van der Waals surface area contributed by atoms with Crippen molar-refractivity contribution >= 4 is 17.4 Å². The molecule has 0 radical (unpaired) electrons. The number of nitrogens with one attached hydrogen (secondary N) is 1. The summed E-state index contributed by atoms with van der Waals surface area (Å²) in [6, 6.07) is 0.990. The lowest BCUT2D eigenvalue weighted by molar-refractivity contribution is -0.147. The fourth-order valence-electron chi connectivity index (χ4n) is 2.54. The van der Waals surface area contributed by atoms with Crippen molar-refractivity contribution in [3.63, 3.8) is 0 Å². The highest BCUT2D eigenvalue weighted by Gasteiger charge is 2.50. The molecule has 2 aromatic heterocycles. The molecule has 3 rings (SSSR count). The Morgan fingerprint density at radius 1 is 1.48 bits per heavy atom. The lowest BCUT2D eigenvalue weighted by Gasteiger charge is -2.17. The molecule has 21 heavy (non-hydrogen) atoms. The largest absolute Gasteiger partial charge is 0.399 e. The number of urea groups is 1. The minimum absolute atomic E-state index is 0.0517. The number of nitrogens with zero attached hydrogens (tertiary/aromatic N) is 4. The summed E-state index contributed by atoms with van der Waals surface area (Å²) < 4.78 is 41.1. The zero-order valence-electron chi connectivity index (χ0n) is 11.3. The summed E-state index contributed by atoms with van der Waals surface area (Å²) in [5.41, 5.74) is 0.978. The topological polar surface area (TPSA) is 62.5 Å². The van der Waals surface area contributed by atoms with E-state index in [0.29, 0.717) is 11.3 Å². The number of alkyl halides is 3. The molecule has 0 bridgehead atoms. The highest BCUT2D eigenvalue weighted by molar-refractivity contribution is 5.94. The molecule has 3 heterocycles. The number of aryl methyl sites for hydroxylation is 1. The normalized spacial score (nSPS) is 18.1. The SMILES string of the molecule is CNC(=O)N1CC(C(F)(F)F)c2c1cnc1cc(C)nn21. The predicted octanol–water partition coefficient (Wildman–Crippen LogP) is 1.84. The maximum absolute atomic E-state index is 13.3. The molecule has 0 spiro atoms. The van der Waals surface area contributed by atoms with Crippen molar-refractivity contribution in [2.75, 3.05) is 18.5 Å². The maximum Gasteiger partial charge on any atom is 0.399 e. The molecule has 1 aliphatic heterocycles. The molecule has 1 N–H and O–H groups in total. The number of hydrogen-bond acceptors (Lipinski definition) is 3. The molecular formula is C12H12F3N5O. The fourth-order valence-corrected chi connectivity index (χ4v) is 2.54. The van der Waals surface area contributed by atoms with Crippen LogP contribution in [0, 0.1) is 6.92 Å². The number of hydrogen-bond donors (Lipinski definition) is 1. The Hall–Kier alpha value is -2.32. The molecular weight excluding hydrogens is 287 g/mol. The molecule has 1 unspecified atom stereocenters. The van der Waals surface area contributed by atoms with Gasteiger partial charge < -0.3 is 5.32 Å².